The summed E-state index contributed by atoms with van der Waals surface area (Å²) in [6, 6.07) is 0. The average Bonchev–Trinajstić information content (AvgIpc) is 3.21. The molecular formula is C15H21N7OS. The molecule has 0 aromatic carbocycles. The van der Waals surface area contributed by atoms with Gasteiger partial charge in [0.05, 0.1) is 24.5 Å². The van der Waals surface area contributed by atoms with Gasteiger partial charge >= 0.3 is 0 Å². The van der Waals surface area contributed by atoms with Crippen LogP contribution in [0.25, 0.3) is 0 Å². The zero-order valence-electron chi connectivity index (χ0n) is 13.6. The third kappa shape index (κ3) is 3.18. The summed E-state index contributed by atoms with van der Waals surface area (Å²) in [6.07, 6.45) is 6.28. The maximum absolute atomic E-state index is 12.3. The molecule has 1 saturated heterocycles. The molecule has 4 heterocycles. The van der Waals surface area contributed by atoms with Crippen molar-refractivity contribution >= 4 is 17.6 Å². The van der Waals surface area contributed by atoms with Crippen LogP contribution in [-0.2, 0) is 19.5 Å². The van der Waals surface area contributed by atoms with Crippen molar-refractivity contribution in [3.8, 4) is 0 Å². The Labute approximate surface area is 144 Å². The van der Waals surface area contributed by atoms with Crippen LogP contribution in [0.3, 0.4) is 0 Å². The van der Waals surface area contributed by atoms with Crippen molar-refractivity contribution in [3.63, 3.8) is 0 Å². The number of carbonyl (C=O) groups excluding carboxylic acids is 1. The maximum Gasteiger partial charge on any atom is 0.275 e. The Morgan fingerprint density at radius 1 is 1.08 bits per heavy atom. The number of fused-ring (bicyclic) bond motifs is 1. The van der Waals surface area contributed by atoms with Crippen LogP contribution in [-0.4, -0.2) is 65.4 Å². The highest BCUT2D eigenvalue weighted by molar-refractivity contribution is 6.99. The molecule has 0 bridgehead atoms. The van der Waals surface area contributed by atoms with Gasteiger partial charge in [-0.15, -0.1) is 10.2 Å². The minimum absolute atomic E-state index is 0.0141. The molecule has 24 heavy (non-hydrogen) atoms. The lowest BCUT2D eigenvalue weighted by Crippen LogP contribution is -2.48. The highest BCUT2D eigenvalue weighted by atomic mass is 32.1. The summed E-state index contributed by atoms with van der Waals surface area (Å²) in [5.74, 6) is 2.18. The predicted octanol–water partition coefficient (Wildman–Crippen LogP) is 0.814. The van der Waals surface area contributed by atoms with Crippen molar-refractivity contribution in [2.24, 2.45) is 0 Å². The Morgan fingerprint density at radius 2 is 1.96 bits per heavy atom. The average molecular weight is 347 g/mol. The molecule has 2 aliphatic rings. The molecule has 0 radical (unpaired) electrons. The van der Waals surface area contributed by atoms with Gasteiger partial charge in [0.1, 0.15) is 11.6 Å². The Morgan fingerprint density at radius 3 is 2.75 bits per heavy atom. The number of carbonyl (C=O) groups is 1. The second kappa shape index (κ2) is 6.94. The van der Waals surface area contributed by atoms with Crippen molar-refractivity contribution in [1.29, 1.82) is 0 Å². The first-order chi connectivity index (χ1) is 11.8. The normalized spacial score (nSPS) is 19.1. The van der Waals surface area contributed by atoms with Crippen LogP contribution in [0.5, 0.6) is 0 Å². The van der Waals surface area contributed by atoms with Gasteiger partial charge in [0.2, 0.25) is 0 Å². The van der Waals surface area contributed by atoms with Crippen molar-refractivity contribution in [3.05, 3.63) is 23.5 Å². The number of aryl methyl sites for hydroxylation is 1. The van der Waals surface area contributed by atoms with Gasteiger partial charge in [-0.05, 0) is 12.8 Å². The van der Waals surface area contributed by atoms with E-state index < -0.39 is 0 Å². The quantitative estimate of drug-likeness (QED) is 0.818. The molecule has 0 aliphatic carbocycles. The molecule has 0 saturated carbocycles. The Hall–Kier alpha value is -1.87. The van der Waals surface area contributed by atoms with E-state index in [1.165, 1.54) is 19.3 Å². The SMILES string of the molecule is O=C(c1cnsn1)N1CCN(Cc2nnc3n2CCCCC3)CC1. The number of nitrogens with zero attached hydrogens (tertiary/aromatic N) is 7. The molecule has 2 aromatic heterocycles. The zero-order valence-corrected chi connectivity index (χ0v) is 14.4. The van der Waals surface area contributed by atoms with Crippen LogP contribution in [0.2, 0.25) is 0 Å². The number of aromatic nitrogens is 5. The molecular weight excluding hydrogens is 326 g/mol. The van der Waals surface area contributed by atoms with Gasteiger partial charge in [0.25, 0.3) is 5.91 Å². The van der Waals surface area contributed by atoms with Crippen molar-refractivity contribution in [1.82, 2.24) is 33.3 Å². The lowest BCUT2D eigenvalue weighted by atomic mass is 10.2. The van der Waals surface area contributed by atoms with Crippen LogP contribution in [0, 0.1) is 0 Å². The third-order valence-electron chi connectivity index (χ3n) is 4.79. The number of rotatable bonds is 3. The smallest absolute Gasteiger partial charge is 0.275 e. The second-order valence-corrected chi connectivity index (χ2v) is 6.91. The minimum Gasteiger partial charge on any atom is -0.335 e. The number of hydrogen-bond donors (Lipinski definition) is 0. The fourth-order valence-electron chi connectivity index (χ4n) is 3.39. The van der Waals surface area contributed by atoms with Gasteiger partial charge in [0, 0.05) is 39.1 Å². The molecule has 1 amide bonds. The van der Waals surface area contributed by atoms with Crippen LogP contribution < -0.4 is 0 Å². The topological polar surface area (TPSA) is 80.0 Å². The minimum atomic E-state index is -0.0141. The standard InChI is InChI=1S/C15H21N7OS/c23-15(12-10-16-24-19-12)21-8-6-20(7-9-21)11-14-18-17-13-4-2-1-3-5-22(13)14/h10H,1-9,11H2. The van der Waals surface area contributed by atoms with Crippen molar-refractivity contribution < 1.29 is 4.79 Å². The van der Waals surface area contributed by atoms with Gasteiger partial charge in [-0.1, -0.05) is 6.42 Å². The molecule has 4 rings (SSSR count). The molecule has 128 valence electrons. The maximum atomic E-state index is 12.3. The van der Waals surface area contributed by atoms with Crippen LogP contribution in [0.1, 0.15) is 41.4 Å². The van der Waals surface area contributed by atoms with Crippen LogP contribution in [0.15, 0.2) is 6.20 Å². The van der Waals surface area contributed by atoms with E-state index in [1.807, 2.05) is 4.90 Å². The molecule has 8 nitrogen and oxygen atoms in total. The number of piperazine rings is 1. The summed E-state index contributed by atoms with van der Waals surface area (Å²) in [7, 11) is 0. The van der Waals surface area contributed by atoms with Gasteiger partial charge in [-0.3, -0.25) is 9.69 Å². The number of hydrogen-bond acceptors (Lipinski definition) is 7. The molecule has 2 aliphatic heterocycles. The Kier molecular flexibility index (Phi) is 4.52. The van der Waals surface area contributed by atoms with E-state index >= 15 is 0 Å². The van der Waals surface area contributed by atoms with Crippen molar-refractivity contribution in [2.75, 3.05) is 26.2 Å². The summed E-state index contributed by atoms with van der Waals surface area (Å²) in [4.78, 5) is 16.5. The summed E-state index contributed by atoms with van der Waals surface area (Å²) in [6.45, 7) is 4.99. The van der Waals surface area contributed by atoms with Gasteiger partial charge < -0.3 is 9.47 Å². The van der Waals surface area contributed by atoms with E-state index in [0.717, 1.165) is 69.1 Å². The number of amides is 1. The summed E-state index contributed by atoms with van der Waals surface area (Å²) in [5, 5.41) is 8.77. The lowest BCUT2D eigenvalue weighted by Gasteiger charge is -2.34. The van der Waals surface area contributed by atoms with Gasteiger partial charge in [-0.25, -0.2) is 0 Å². The first-order valence-electron chi connectivity index (χ1n) is 8.51. The molecule has 0 spiro atoms. The molecule has 1 fully saturated rings. The summed E-state index contributed by atoms with van der Waals surface area (Å²) in [5.41, 5.74) is 0.455. The fourth-order valence-corrected chi connectivity index (χ4v) is 3.80. The van der Waals surface area contributed by atoms with E-state index in [1.54, 1.807) is 6.20 Å². The second-order valence-electron chi connectivity index (χ2n) is 6.36. The predicted molar refractivity (Wildman–Crippen MR) is 88.7 cm³/mol. The molecule has 2 aromatic rings. The Bertz CT molecular complexity index is 691. The summed E-state index contributed by atoms with van der Waals surface area (Å²) < 4.78 is 10.2. The lowest BCUT2D eigenvalue weighted by molar-refractivity contribution is 0.0619. The summed E-state index contributed by atoms with van der Waals surface area (Å²) >= 11 is 1.07. The van der Waals surface area contributed by atoms with Gasteiger partial charge in [-0.2, -0.15) is 8.75 Å². The van der Waals surface area contributed by atoms with Crippen molar-refractivity contribution in [2.45, 2.75) is 38.8 Å². The van der Waals surface area contributed by atoms with E-state index in [9.17, 15) is 4.79 Å². The first-order valence-corrected chi connectivity index (χ1v) is 9.24. The van der Waals surface area contributed by atoms with E-state index in [0.29, 0.717) is 5.69 Å². The highest BCUT2D eigenvalue weighted by Gasteiger charge is 2.25. The molecule has 0 atom stereocenters. The first kappa shape index (κ1) is 15.6. The fraction of sp³-hybridized carbons (Fsp3) is 0.667. The molecule has 0 N–H and O–H groups in total. The van der Waals surface area contributed by atoms with Crippen LogP contribution >= 0.6 is 11.7 Å². The third-order valence-corrected chi connectivity index (χ3v) is 5.27. The van der Waals surface area contributed by atoms with Crippen LogP contribution in [0.4, 0.5) is 0 Å². The van der Waals surface area contributed by atoms with E-state index in [2.05, 4.69) is 28.4 Å². The van der Waals surface area contributed by atoms with E-state index in [-0.39, 0.29) is 5.91 Å². The highest BCUT2D eigenvalue weighted by Crippen LogP contribution is 2.16. The van der Waals surface area contributed by atoms with Gasteiger partial charge in [0.15, 0.2) is 5.69 Å². The molecule has 0 unspecified atom stereocenters. The largest absolute Gasteiger partial charge is 0.335 e. The van der Waals surface area contributed by atoms with E-state index in [4.69, 9.17) is 0 Å². The monoisotopic (exact) mass is 347 g/mol. The Balaban J connectivity index is 1.35. The zero-order chi connectivity index (χ0) is 16.4. The molecule has 9 heteroatoms.